The molecule has 4 heteroatoms. The Morgan fingerprint density at radius 3 is 2.47 bits per heavy atom. The van der Waals surface area contributed by atoms with Gasteiger partial charge in [0.1, 0.15) is 5.75 Å². The van der Waals surface area contributed by atoms with Gasteiger partial charge in [0.25, 0.3) is 5.91 Å². The van der Waals surface area contributed by atoms with E-state index in [0.29, 0.717) is 11.4 Å². The lowest BCUT2D eigenvalue weighted by Gasteiger charge is -2.21. The van der Waals surface area contributed by atoms with Gasteiger partial charge in [0.05, 0.1) is 12.8 Å². The molecule has 0 aromatic heterocycles. The van der Waals surface area contributed by atoms with Crippen molar-refractivity contribution >= 4 is 17.9 Å². The van der Waals surface area contributed by atoms with Gasteiger partial charge < -0.3 is 10.1 Å². The zero-order valence-corrected chi connectivity index (χ0v) is 10.5. The van der Waals surface area contributed by atoms with Crippen molar-refractivity contribution in [2.75, 3.05) is 12.4 Å². The smallest absolute Gasteiger partial charge is 0.288 e. The molecule has 0 aliphatic heterocycles. The lowest BCUT2D eigenvalue weighted by Crippen LogP contribution is -2.15. The highest BCUT2D eigenvalue weighted by atomic mass is 16.5. The van der Waals surface area contributed by atoms with E-state index in [4.69, 9.17) is 4.74 Å². The zero-order valence-electron chi connectivity index (χ0n) is 10.5. The molecule has 0 bridgehead atoms. The number of hydrogen-bond donors (Lipinski definition) is 1. The molecule has 0 heterocycles. The number of hydrogen-bond acceptors (Lipinski definition) is 3. The topological polar surface area (TPSA) is 55.4 Å². The molecule has 0 saturated carbocycles. The second-order valence-electron chi connectivity index (χ2n) is 4.77. The summed E-state index contributed by atoms with van der Waals surface area (Å²) in [6.07, 6.45) is 0.239. The summed E-state index contributed by atoms with van der Waals surface area (Å²) in [4.78, 5) is 21.4. The average molecular weight is 235 g/mol. The first-order valence-corrected chi connectivity index (χ1v) is 5.33. The van der Waals surface area contributed by atoms with E-state index in [1.165, 1.54) is 7.11 Å². The molecular weight excluding hydrogens is 218 g/mol. The van der Waals surface area contributed by atoms with E-state index in [0.717, 1.165) is 5.56 Å². The van der Waals surface area contributed by atoms with Gasteiger partial charge in [-0.1, -0.05) is 26.8 Å². The summed E-state index contributed by atoms with van der Waals surface area (Å²) in [6, 6.07) is 5.54. The summed E-state index contributed by atoms with van der Waals surface area (Å²) >= 11 is 0. The SMILES string of the molecule is COc1ccc(C(C)(C)C)cc1NC(=O)C=O. The Labute approximate surface area is 101 Å². The Morgan fingerprint density at radius 2 is 2.00 bits per heavy atom. The van der Waals surface area contributed by atoms with Crippen molar-refractivity contribution in [2.24, 2.45) is 0 Å². The molecule has 92 valence electrons. The van der Waals surface area contributed by atoms with Crippen LogP contribution in [0.25, 0.3) is 0 Å². The second-order valence-corrected chi connectivity index (χ2v) is 4.77. The van der Waals surface area contributed by atoms with Crippen molar-refractivity contribution in [1.82, 2.24) is 0 Å². The van der Waals surface area contributed by atoms with E-state index >= 15 is 0 Å². The van der Waals surface area contributed by atoms with Crippen LogP contribution in [-0.4, -0.2) is 19.3 Å². The van der Waals surface area contributed by atoms with Gasteiger partial charge >= 0.3 is 0 Å². The maximum Gasteiger partial charge on any atom is 0.288 e. The van der Waals surface area contributed by atoms with Crippen LogP contribution < -0.4 is 10.1 Å². The third-order valence-corrected chi connectivity index (χ3v) is 2.43. The minimum atomic E-state index is -0.686. The molecule has 0 atom stereocenters. The fraction of sp³-hybridized carbons (Fsp3) is 0.385. The first-order chi connectivity index (χ1) is 7.88. The van der Waals surface area contributed by atoms with E-state index in [9.17, 15) is 9.59 Å². The van der Waals surface area contributed by atoms with Crippen molar-refractivity contribution < 1.29 is 14.3 Å². The predicted octanol–water partition coefficient (Wildman–Crippen LogP) is 2.13. The van der Waals surface area contributed by atoms with Crippen LogP contribution in [0.4, 0.5) is 5.69 Å². The van der Waals surface area contributed by atoms with Gasteiger partial charge in [-0.3, -0.25) is 9.59 Å². The van der Waals surface area contributed by atoms with Gasteiger partial charge in [-0.25, -0.2) is 0 Å². The highest BCUT2D eigenvalue weighted by Gasteiger charge is 2.16. The third-order valence-electron chi connectivity index (χ3n) is 2.43. The van der Waals surface area contributed by atoms with E-state index in [1.54, 1.807) is 6.07 Å². The number of aldehydes is 1. The van der Waals surface area contributed by atoms with Gasteiger partial charge in [0.2, 0.25) is 6.29 Å². The fourth-order valence-electron chi connectivity index (χ4n) is 1.43. The summed E-state index contributed by atoms with van der Waals surface area (Å²) in [6.45, 7) is 6.21. The number of nitrogens with one attached hydrogen (secondary N) is 1. The summed E-state index contributed by atoms with van der Waals surface area (Å²) in [5.41, 5.74) is 1.53. The Hall–Kier alpha value is -1.84. The molecule has 4 nitrogen and oxygen atoms in total. The Balaban J connectivity index is 3.15. The van der Waals surface area contributed by atoms with Crippen LogP contribution in [0.3, 0.4) is 0 Å². The fourth-order valence-corrected chi connectivity index (χ4v) is 1.43. The molecule has 0 fully saturated rings. The van der Waals surface area contributed by atoms with Gasteiger partial charge in [-0.2, -0.15) is 0 Å². The Kier molecular flexibility index (Phi) is 3.89. The van der Waals surface area contributed by atoms with Crippen molar-refractivity contribution in [3.8, 4) is 5.75 Å². The number of anilines is 1. The van der Waals surface area contributed by atoms with Crippen LogP contribution in [0.15, 0.2) is 18.2 Å². The van der Waals surface area contributed by atoms with Gasteiger partial charge in [-0.05, 0) is 23.1 Å². The molecule has 0 unspecified atom stereocenters. The monoisotopic (exact) mass is 235 g/mol. The molecule has 0 aliphatic carbocycles. The molecule has 0 aliphatic rings. The van der Waals surface area contributed by atoms with Crippen molar-refractivity contribution in [3.05, 3.63) is 23.8 Å². The minimum absolute atomic E-state index is 0.0348. The van der Waals surface area contributed by atoms with Crippen LogP contribution in [0.5, 0.6) is 5.75 Å². The highest BCUT2D eigenvalue weighted by Crippen LogP contribution is 2.31. The third kappa shape index (κ3) is 3.31. The van der Waals surface area contributed by atoms with E-state index in [1.807, 2.05) is 12.1 Å². The van der Waals surface area contributed by atoms with Crippen LogP contribution in [0.2, 0.25) is 0 Å². The highest BCUT2D eigenvalue weighted by molar-refractivity contribution is 6.29. The lowest BCUT2D eigenvalue weighted by molar-refractivity contribution is -0.127. The van der Waals surface area contributed by atoms with Gasteiger partial charge in [0, 0.05) is 0 Å². The number of carbonyl (C=O) groups is 2. The molecular formula is C13H17NO3. The van der Waals surface area contributed by atoms with Crippen molar-refractivity contribution in [1.29, 1.82) is 0 Å². The largest absolute Gasteiger partial charge is 0.495 e. The second kappa shape index (κ2) is 4.99. The van der Waals surface area contributed by atoms with E-state index in [2.05, 4.69) is 26.1 Å². The molecule has 1 aromatic rings. The Morgan fingerprint density at radius 1 is 1.35 bits per heavy atom. The molecule has 1 rings (SSSR count). The molecule has 0 spiro atoms. The molecule has 0 radical (unpaired) electrons. The number of ether oxygens (including phenoxy) is 1. The number of carbonyl (C=O) groups excluding carboxylic acids is 2. The summed E-state index contributed by atoms with van der Waals surface area (Å²) in [5, 5.41) is 2.49. The Bertz CT molecular complexity index is 433. The maximum atomic E-state index is 11.1. The van der Waals surface area contributed by atoms with Crippen LogP contribution in [-0.2, 0) is 15.0 Å². The number of benzene rings is 1. The molecule has 1 aromatic carbocycles. The maximum absolute atomic E-state index is 11.1. The minimum Gasteiger partial charge on any atom is -0.495 e. The summed E-state index contributed by atoms with van der Waals surface area (Å²) in [7, 11) is 1.52. The average Bonchev–Trinajstić information content (AvgIpc) is 2.27. The summed E-state index contributed by atoms with van der Waals surface area (Å²) < 4.78 is 5.13. The normalized spacial score (nSPS) is 10.8. The van der Waals surface area contributed by atoms with E-state index < -0.39 is 5.91 Å². The quantitative estimate of drug-likeness (QED) is 0.645. The van der Waals surface area contributed by atoms with Crippen LogP contribution in [0.1, 0.15) is 26.3 Å². The molecule has 1 N–H and O–H groups in total. The van der Waals surface area contributed by atoms with Gasteiger partial charge in [-0.15, -0.1) is 0 Å². The first kappa shape index (κ1) is 13.2. The molecule has 0 saturated heterocycles. The number of amides is 1. The van der Waals surface area contributed by atoms with Crippen LogP contribution >= 0.6 is 0 Å². The summed E-state index contributed by atoms with van der Waals surface area (Å²) in [5.74, 6) is -0.150. The zero-order chi connectivity index (χ0) is 13.1. The number of methoxy groups -OCH3 is 1. The lowest BCUT2D eigenvalue weighted by atomic mass is 9.87. The standard InChI is InChI=1S/C13H17NO3/c1-13(2,3)9-5-6-11(17-4)10(7-9)14-12(16)8-15/h5-8H,1-4H3,(H,14,16). The van der Waals surface area contributed by atoms with Crippen molar-refractivity contribution in [2.45, 2.75) is 26.2 Å². The number of rotatable bonds is 3. The molecule has 1 amide bonds. The van der Waals surface area contributed by atoms with Gasteiger partial charge in [0.15, 0.2) is 0 Å². The van der Waals surface area contributed by atoms with Crippen LogP contribution in [0, 0.1) is 0 Å². The molecule has 17 heavy (non-hydrogen) atoms. The van der Waals surface area contributed by atoms with Crippen molar-refractivity contribution in [3.63, 3.8) is 0 Å². The first-order valence-electron chi connectivity index (χ1n) is 5.33. The predicted molar refractivity (Wildman–Crippen MR) is 66.4 cm³/mol. The van der Waals surface area contributed by atoms with E-state index in [-0.39, 0.29) is 11.7 Å².